The first kappa shape index (κ1) is 15.9. The highest BCUT2D eigenvalue weighted by Crippen LogP contribution is 2.25. The maximum absolute atomic E-state index is 12.0. The molecular weight excluding hydrogens is 268 g/mol. The SMILES string of the molecule is CC(C)(C)OC(=O)N[C@@H]1CCCC[C@H]1N1CCC=CC1=O. The van der Waals surface area contributed by atoms with E-state index in [9.17, 15) is 9.59 Å². The Bertz CT molecular complexity index is 426. The van der Waals surface area contributed by atoms with Crippen molar-refractivity contribution in [3.05, 3.63) is 12.2 Å². The van der Waals surface area contributed by atoms with Crippen molar-refractivity contribution < 1.29 is 14.3 Å². The van der Waals surface area contributed by atoms with Crippen molar-refractivity contribution in [2.24, 2.45) is 0 Å². The highest BCUT2D eigenvalue weighted by atomic mass is 16.6. The van der Waals surface area contributed by atoms with Gasteiger partial charge in [-0.15, -0.1) is 0 Å². The standard InChI is InChI=1S/C16H26N2O3/c1-16(2,3)21-15(20)17-12-8-4-5-9-13(12)18-11-7-6-10-14(18)19/h6,10,12-13H,4-5,7-9,11H2,1-3H3,(H,17,20)/t12-,13-/m1/s1. The maximum atomic E-state index is 12.0. The summed E-state index contributed by atoms with van der Waals surface area (Å²) in [5.41, 5.74) is -0.502. The van der Waals surface area contributed by atoms with Gasteiger partial charge in [-0.3, -0.25) is 4.79 Å². The molecule has 21 heavy (non-hydrogen) atoms. The second-order valence-corrected chi connectivity index (χ2v) is 6.83. The summed E-state index contributed by atoms with van der Waals surface area (Å²) in [5.74, 6) is 0.0594. The van der Waals surface area contributed by atoms with Gasteiger partial charge in [0.2, 0.25) is 5.91 Å². The fourth-order valence-electron chi connectivity index (χ4n) is 3.04. The van der Waals surface area contributed by atoms with Gasteiger partial charge in [-0.05, 0) is 46.1 Å². The van der Waals surface area contributed by atoms with Gasteiger partial charge in [0.1, 0.15) is 5.60 Å². The molecule has 2 atom stereocenters. The number of ether oxygens (including phenoxy) is 1. The van der Waals surface area contributed by atoms with Gasteiger partial charge in [0.25, 0.3) is 0 Å². The number of nitrogens with one attached hydrogen (secondary N) is 1. The van der Waals surface area contributed by atoms with Crippen molar-refractivity contribution >= 4 is 12.0 Å². The summed E-state index contributed by atoms with van der Waals surface area (Å²) in [7, 11) is 0. The van der Waals surface area contributed by atoms with Gasteiger partial charge < -0.3 is 15.0 Å². The summed E-state index contributed by atoms with van der Waals surface area (Å²) in [5, 5.41) is 2.96. The molecule has 1 N–H and O–H groups in total. The molecule has 0 aromatic carbocycles. The van der Waals surface area contributed by atoms with Crippen LogP contribution in [0.1, 0.15) is 52.9 Å². The summed E-state index contributed by atoms with van der Waals surface area (Å²) < 4.78 is 5.34. The lowest BCUT2D eigenvalue weighted by atomic mass is 9.88. The van der Waals surface area contributed by atoms with Crippen LogP contribution in [0.25, 0.3) is 0 Å². The van der Waals surface area contributed by atoms with Crippen molar-refractivity contribution in [3.8, 4) is 0 Å². The molecule has 2 aliphatic rings. The highest BCUT2D eigenvalue weighted by molar-refractivity contribution is 5.88. The van der Waals surface area contributed by atoms with E-state index in [4.69, 9.17) is 4.74 Å². The first-order chi connectivity index (χ1) is 9.87. The number of rotatable bonds is 2. The van der Waals surface area contributed by atoms with Gasteiger partial charge in [0, 0.05) is 6.54 Å². The van der Waals surface area contributed by atoms with Gasteiger partial charge >= 0.3 is 6.09 Å². The number of nitrogens with zero attached hydrogens (tertiary/aromatic N) is 1. The molecule has 1 heterocycles. The molecular formula is C16H26N2O3. The van der Waals surface area contributed by atoms with E-state index in [-0.39, 0.29) is 24.1 Å². The zero-order valence-corrected chi connectivity index (χ0v) is 13.2. The third-order valence-electron chi connectivity index (χ3n) is 3.91. The fourth-order valence-corrected chi connectivity index (χ4v) is 3.04. The minimum absolute atomic E-state index is 0.0101. The first-order valence-corrected chi connectivity index (χ1v) is 7.83. The van der Waals surface area contributed by atoms with Crippen LogP contribution in [-0.2, 0) is 9.53 Å². The van der Waals surface area contributed by atoms with E-state index < -0.39 is 5.60 Å². The van der Waals surface area contributed by atoms with Crippen LogP contribution in [0.3, 0.4) is 0 Å². The number of alkyl carbamates (subject to hydrolysis) is 1. The Morgan fingerprint density at radius 1 is 1.33 bits per heavy atom. The molecule has 1 aliphatic heterocycles. The number of amides is 2. The predicted molar refractivity (Wildman–Crippen MR) is 80.9 cm³/mol. The lowest BCUT2D eigenvalue weighted by Crippen LogP contribution is -2.56. The summed E-state index contributed by atoms with van der Waals surface area (Å²) in [6.07, 6.45) is 8.08. The fraction of sp³-hybridized carbons (Fsp3) is 0.750. The summed E-state index contributed by atoms with van der Waals surface area (Å²) in [4.78, 5) is 25.9. The third kappa shape index (κ3) is 4.48. The quantitative estimate of drug-likeness (QED) is 0.851. The van der Waals surface area contributed by atoms with Crippen molar-refractivity contribution in [2.45, 2.75) is 70.6 Å². The van der Waals surface area contributed by atoms with Crippen LogP contribution in [0.15, 0.2) is 12.2 Å². The van der Waals surface area contributed by atoms with E-state index in [1.807, 2.05) is 31.7 Å². The summed E-state index contributed by atoms with van der Waals surface area (Å²) in [6, 6.07) is 0.0766. The van der Waals surface area contributed by atoms with Crippen LogP contribution in [0.5, 0.6) is 0 Å². The molecule has 118 valence electrons. The van der Waals surface area contributed by atoms with E-state index in [0.29, 0.717) is 0 Å². The second-order valence-electron chi connectivity index (χ2n) is 6.83. The molecule has 0 aromatic heterocycles. The van der Waals surface area contributed by atoms with Crippen molar-refractivity contribution in [1.29, 1.82) is 0 Å². The van der Waals surface area contributed by atoms with Crippen LogP contribution < -0.4 is 5.32 Å². The Hall–Kier alpha value is -1.52. The lowest BCUT2D eigenvalue weighted by Gasteiger charge is -2.40. The van der Waals surface area contributed by atoms with Gasteiger partial charge in [-0.25, -0.2) is 4.79 Å². The number of hydrogen-bond acceptors (Lipinski definition) is 3. The van der Waals surface area contributed by atoms with Gasteiger partial charge in [0.05, 0.1) is 12.1 Å². The van der Waals surface area contributed by atoms with E-state index in [2.05, 4.69) is 5.32 Å². The third-order valence-corrected chi connectivity index (χ3v) is 3.91. The molecule has 5 heteroatoms. The average Bonchev–Trinajstić information content (AvgIpc) is 2.38. The van der Waals surface area contributed by atoms with E-state index in [0.717, 1.165) is 38.6 Å². The molecule has 2 amide bonds. The Morgan fingerprint density at radius 2 is 2.05 bits per heavy atom. The molecule has 1 fully saturated rings. The molecule has 1 aliphatic carbocycles. The topological polar surface area (TPSA) is 58.6 Å². The van der Waals surface area contributed by atoms with Gasteiger partial charge in [-0.2, -0.15) is 0 Å². The normalized spacial score (nSPS) is 26.6. The van der Waals surface area contributed by atoms with Crippen molar-refractivity contribution in [1.82, 2.24) is 10.2 Å². The largest absolute Gasteiger partial charge is 0.444 e. The molecule has 0 radical (unpaired) electrons. The Kier molecular flexibility index (Phi) is 4.91. The van der Waals surface area contributed by atoms with E-state index in [1.54, 1.807) is 6.08 Å². The highest BCUT2D eigenvalue weighted by Gasteiger charge is 2.34. The van der Waals surface area contributed by atoms with Crippen molar-refractivity contribution in [3.63, 3.8) is 0 Å². The van der Waals surface area contributed by atoms with Crippen LogP contribution in [0.2, 0.25) is 0 Å². The summed E-state index contributed by atoms with van der Waals surface area (Å²) in [6.45, 7) is 6.30. The van der Waals surface area contributed by atoms with Gasteiger partial charge in [-0.1, -0.05) is 18.9 Å². The molecule has 1 saturated carbocycles. The molecule has 5 nitrogen and oxygen atoms in total. The molecule has 2 rings (SSSR count). The molecule has 0 bridgehead atoms. The molecule has 0 unspecified atom stereocenters. The number of carbonyl (C=O) groups is 2. The van der Waals surface area contributed by atoms with Gasteiger partial charge in [0.15, 0.2) is 0 Å². The Balaban J connectivity index is 2.00. The first-order valence-electron chi connectivity index (χ1n) is 7.83. The predicted octanol–water partition coefficient (Wildman–Crippen LogP) is 2.61. The van der Waals surface area contributed by atoms with Crippen LogP contribution in [0, 0.1) is 0 Å². The minimum atomic E-state index is -0.502. The van der Waals surface area contributed by atoms with Crippen molar-refractivity contribution in [2.75, 3.05) is 6.54 Å². The zero-order valence-electron chi connectivity index (χ0n) is 13.2. The van der Waals surface area contributed by atoms with Crippen LogP contribution in [0.4, 0.5) is 4.79 Å². The Morgan fingerprint density at radius 3 is 2.71 bits per heavy atom. The second kappa shape index (κ2) is 6.50. The zero-order chi connectivity index (χ0) is 15.5. The van der Waals surface area contributed by atoms with Crippen LogP contribution in [-0.4, -0.2) is 41.1 Å². The summed E-state index contributed by atoms with van der Waals surface area (Å²) >= 11 is 0. The minimum Gasteiger partial charge on any atom is -0.444 e. The van der Waals surface area contributed by atoms with E-state index in [1.165, 1.54) is 0 Å². The molecule has 0 spiro atoms. The molecule has 0 aromatic rings. The monoisotopic (exact) mass is 294 g/mol. The van der Waals surface area contributed by atoms with Crippen LogP contribution >= 0.6 is 0 Å². The van der Waals surface area contributed by atoms with E-state index >= 15 is 0 Å². The molecule has 0 saturated heterocycles. The lowest BCUT2D eigenvalue weighted by molar-refractivity contribution is -0.130. The maximum Gasteiger partial charge on any atom is 0.407 e. The average molecular weight is 294 g/mol. The number of carbonyl (C=O) groups excluding carboxylic acids is 2. The Labute approximate surface area is 126 Å². The smallest absolute Gasteiger partial charge is 0.407 e. The number of hydrogen-bond donors (Lipinski definition) is 1.